The van der Waals surface area contributed by atoms with E-state index < -0.39 is 0 Å². The van der Waals surface area contributed by atoms with E-state index in [0.717, 1.165) is 42.1 Å². The van der Waals surface area contributed by atoms with Gasteiger partial charge in [0, 0.05) is 11.5 Å². The Labute approximate surface area is 186 Å². The molecular formula is C29H44O. The SMILES string of the molecule is CCCCCOc1ccc(C#CC2CCC([C@H]3CC[C@H](CCCC)CC3)CC2)cc1. The van der Waals surface area contributed by atoms with Crippen LogP contribution in [0.25, 0.3) is 0 Å². The molecule has 1 heteroatoms. The Morgan fingerprint density at radius 1 is 0.767 bits per heavy atom. The normalized spacial score (nSPS) is 26.6. The summed E-state index contributed by atoms with van der Waals surface area (Å²) < 4.78 is 5.80. The summed E-state index contributed by atoms with van der Waals surface area (Å²) in [6.45, 7) is 5.37. The predicted molar refractivity (Wildman–Crippen MR) is 129 cm³/mol. The van der Waals surface area contributed by atoms with Crippen LogP contribution in [0.2, 0.25) is 0 Å². The molecule has 1 aromatic carbocycles. The maximum Gasteiger partial charge on any atom is 0.119 e. The zero-order valence-corrected chi connectivity index (χ0v) is 19.6. The second-order valence-corrected chi connectivity index (χ2v) is 9.88. The summed E-state index contributed by atoms with van der Waals surface area (Å²) in [5, 5.41) is 0. The largest absolute Gasteiger partial charge is 0.494 e. The molecule has 1 nitrogen and oxygen atoms in total. The van der Waals surface area contributed by atoms with E-state index in [-0.39, 0.29) is 0 Å². The van der Waals surface area contributed by atoms with Crippen molar-refractivity contribution in [3.8, 4) is 17.6 Å². The molecular weight excluding hydrogens is 364 g/mol. The molecule has 0 spiro atoms. The Morgan fingerprint density at radius 2 is 1.40 bits per heavy atom. The molecule has 0 heterocycles. The highest BCUT2D eigenvalue weighted by molar-refractivity contribution is 5.38. The average Bonchev–Trinajstić information content (AvgIpc) is 2.81. The van der Waals surface area contributed by atoms with Gasteiger partial charge in [0.05, 0.1) is 6.61 Å². The summed E-state index contributed by atoms with van der Waals surface area (Å²) in [6.07, 6.45) is 19.4. The van der Waals surface area contributed by atoms with E-state index in [1.807, 2.05) is 0 Å². The predicted octanol–water partition coefficient (Wildman–Crippen LogP) is 8.41. The van der Waals surface area contributed by atoms with Crippen molar-refractivity contribution in [1.82, 2.24) is 0 Å². The highest BCUT2D eigenvalue weighted by Gasteiger charge is 2.30. The standard InChI is InChI=1S/C29H44O/c1-3-5-7-23-30-29-21-15-26(16-22-29)10-9-25-13-19-28(20-14-25)27-17-11-24(12-18-27)8-6-4-2/h15-16,21-22,24-25,27-28H,3-8,11-14,17-20,23H2,1-2H3/t24-,25?,27-,28?. The maximum atomic E-state index is 5.80. The lowest BCUT2D eigenvalue weighted by Crippen LogP contribution is -2.25. The minimum atomic E-state index is 0.604. The lowest BCUT2D eigenvalue weighted by atomic mass is 9.69. The molecule has 0 bridgehead atoms. The first-order chi connectivity index (χ1) is 14.8. The van der Waals surface area contributed by atoms with E-state index in [4.69, 9.17) is 4.74 Å². The fourth-order valence-corrected chi connectivity index (χ4v) is 5.54. The summed E-state index contributed by atoms with van der Waals surface area (Å²) in [6, 6.07) is 8.38. The first-order valence-corrected chi connectivity index (χ1v) is 13.0. The van der Waals surface area contributed by atoms with Crippen LogP contribution < -0.4 is 4.74 Å². The number of hydrogen-bond donors (Lipinski definition) is 0. The first kappa shape index (κ1) is 23.2. The lowest BCUT2D eigenvalue weighted by molar-refractivity contribution is 0.153. The van der Waals surface area contributed by atoms with E-state index in [1.165, 1.54) is 83.5 Å². The molecule has 0 aliphatic heterocycles. The molecule has 1 aromatic rings. The van der Waals surface area contributed by atoms with Crippen molar-refractivity contribution in [1.29, 1.82) is 0 Å². The molecule has 0 aromatic heterocycles. The fraction of sp³-hybridized carbons (Fsp3) is 0.724. The fourth-order valence-electron chi connectivity index (χ4n) is 5.54. The van der Waals surface area contributed by atoms with E-state index in [2.05, 4.69) is 50.0 Å². The molecule has 166 valence electrons. The number of benzene rings is 1. The van der Waals surface area contributed by atoms with Gasteiger partial charge in [-0.25, -0.2) is 0 Å². The molecule has 2 aliphatic rings. The molecule has 2 fully saturated rings. The van der Waals surface area contributed by atoms with Gasteiger partial charge >= 0.3 is 0 Å². The van der Waals surface area contributed by atoms with E-state index in [1.54, 1.807) is 0 Å². The minimum absolute atomic E-state index is 0.604. The number of ether oxygens (including phenoxy) is 1. The number of rotatable bonds is 9. The van der Waals surface area contributed by atoms with Gasteiger partial charge in [-0.15, -0.1) is 0 Å². The van der Waals surface area contributed by atoms with Gasteiger partial charge in [0.2, 0.25) is 0 Å². The Kier molecular flexibility index (Phi) is 10.1. The van der Waals surface area contributed by atoms with E-state index >= 15 is 0 Å². The van der Waals surface area contributed by atoms with Gasteiger partial charge in [-0.05, 0) is 87.0 Å². The van der Waals surface area contributed by atoms with Crippen LogP contribution in [0, 0.1) is 35.5 Å². The second-order valence-electron chi connectivity index (χ2n) is 9.88. The van der Waals surface area contributed by atoms with Gasteiger partial charge in [-0.2, -0.15) is 0 Å². The first-order valence-electron chi connectivity index (χ1n) is 13.0. The van der Waals surface area contributed by atoms with Gasteiger partial charge in [-0.1, -0.05) is 70.6 Å². The highest BCUT2D eigenvalue weighted by atomic mass is 16.5. The van der Waals surface area contributed by atoms with E-state index in [9.17, 15) is 0 Å². The molecule has 0 radical (unpaired) electrons. The average molecular weight is 409 g/mol. The summed E-state index contributed by atoms with van der Waals surface area (Å²) in [5.41, 5.74) is 1.13. The third kappa shape index (κ3) is 7.68. The molecule has 30 heavy (non-hydrogen) atoms. The number of hydrogen-bond acceptors (Lipinski definition) is 1. The van der Waals surface area contributed by atoms with Crippen LogP contribution in [0.1, 0.15) is 109 Å². The van der Waals surface area contributed by atoms with Crippen molar-refractivity contribution < 1.29 is 4.74 Å². The molecule has 0 amide bonds. The second kappa shape index (κ2) is 13.1. The minimum Gasteiger partial charge on any atom is -0.494 e. The third-order valence-corrected chi connectivity index (χ3v) is 7.59. The molecule has 0 N–H and O–H groups in total. The topological polar surface area (TPSA) is 9.23 Å². The van der Waals surface area contributed by atoms with Crippen LogP contribution in [0.4, 0.5) is 0 Å². The maximum absolute atomic E-state index is 5.80. The molecule has 2 aliphatic carbocycles. The Bertz CT molecular complexity index is 633. The van der Waals surface area contributed by atoms with Crippen molar-refractivity contribution >= 4 is 0 Å². The Morgan fingerprint density at radius 3 is 2.03 bits per heavy atom. The lowest BCUT2D eigenvalue weighted by Gasteiger charge is -2.37. The summed E-state index contributed by atoms with van der Waals surface area (Å²) in [4.78, 5) is 0. The molecule has 3 rings (SSSR count). The van der Waals surface area contributed by atoms with Crippen molar-refractivity contribution in [2.75, 3.05) is 6.61 Å². The summed E-state index contributed by atoms with van der Waals surface area (Å²) >= 11 is 0. The van der Waals surface area contributed by atoms with Crippen molar-refractivity contribution in [2.45, 2.75) is 104 Å². The van der Waals surface area contributed by atoms with E-state index in [0.29, 0.717) is 5.92 Å². The van der Waals surface area contributed by atoms with Crippen LogP contribution in [0.5, 0.6) is 5.75 Å². The Balaban J connectivity index is 1.37. The van der Waals surface area contributed by atoms with Gasteiger partial charge in [0.25, 0.3) is 0 Å². The highest BCUT2D eigenvalue weighted by Crippen LogP contribution is 2.42. The molecule has 2 saturated carbocycles. The van der Waals surface area contributed by atoms with Gasteiger partial charge in [0.15, 0.2) is 0 Å². The van der Waals surface area contributed by atoms with Gasteiger partial charge in [0.1, 0.15) is 5.75 Å². The molecule has 0 saturated heterocycles. The van der Waals surface area contributed by atoms with Crippen LogP contribution in [-0.4, -0.2) is 6.61 Å². The van der Waals surface area contributed by atoms with Crippen LogP contribution in [0.3, 0.4) is 0 Å². The van der Waals surface area contributed by atoms with Crippen molar-refractivity contribution in [3.05, 3.63) is 29.8 Å². The third-order valence-electron chi connectivity index (χ3n) is 7.59. The van der Waals surface area contributed by atoms with Crippen LogP contribution in [0.15, 0.2) is 24.3 Å². The smallest absolute Gasteiger partial charge is 0.119 e. The molecule has 0 atom stereocenters. The van der Waals surface area contributed by atoms with Crippen molar-refractivity contribution in [3.63, 3.8) is 0 Å². The molecule has 0 unspecified atom stereocenters. The zero-order valence-electron chi connectivity index (χ0n) is 19.6. The van der Waals surface area contributed by atoms with Gasteiger partial charge < -0.3 is 4.74 Å². The van der Waals surface area contributed by atoms with Crippen LogP contribution in [-0.2, 0) is 0 Å². The van der Waals surface area contributed by atoms with Crippen molar-refractivity contribution in [2.24, 2.45) is 23.7 Å². The van der Waals surface area contributed by atoms with Gasteiger partial charge in [-0.3, -0.25) is 0 Å². The monoisotopic (exact) mass is 408 g/mol. The Hall–Kier alpha value is -1.42. The summed E-state index contributed by atoms with van der Waals surface area (Å²) in [5.74, 6) is 11.6. The summed E-state index contributed by atoms with van der Waals surface area (Å²) in [7, 11) is 0. The zero-order chi connectivity index (χ0) is 21.0. The number of unbranched alkanes of at least 4 members (excludes halogenated alkanes) is 3. The quantitative estimate of drug-likeness (QED) is 0.294. The van der Waals surface area contributed by atoms with Crippen LogP contribution >= 0.6 is 0 Å².